The Kier molecular flexibility index (Phi) is 4.79. The molecule has 0 bridgehead atoms. The van der Waals surface area contributed by atoms with Gasteiger partial charge in [0.15, 0.2) is 0 Å². The van der Waals surface area contributed by atoms with Gasteiger partial charge in [0.2, 0.25) is 0 Å². The van der Waals surface area contributed by atoms with Crippen LogP contribution in [0.25, 0.3) is 10.9 Å². The number of piperidine rings is 1. The standard InChI is InChI=1S/C22H25FN2O/c1-16(26)24-12-10-18(11-13-24)21-15-25(22-5-3-2-4-20(21)22)14-17-6-8-19(23)9-7-17/h2-9,15-16,18,26H,10-14H2,1H3. The fraction of sp³-hybridized carbons (Fsp3) is 0.364. The molecule has 4 rings (SSSR count). The number of rotatable bonds is 4. The lowest BCUT2D eigenvalue weighted by atomic mass is 9.89. The lowest BCUT2D eigenvalue weighted by Gasteiger charge is -2.33. The molecule has 0 amide bonds. The molecule has 136 valence electrons. The van der Waals surface area contributed by atoms with Crippen LogP contribution >= 0.6 is 0 Å². The maximum Gasteiger partial charge on any atom is 0.123 e. The van der Waals surface area contributed by atoms with E-state index < -0.39 is 0 Å². The number of fused-ring (bicyclic) bond motifs is 1. The van der Waals surface area contributed by atoms with E-state index in [1.54, 1.807) is 0 Å². The van der Waals surface area contributed by atoms with Crippen molar-refractivity contribution in [3.05, 3.63) is 71.7 Å². The van der Waals surface area contributed by atoms with Crippen molar-refractivity contribution in [3.63, 3.8) is 0 Å². The molecule has 2 heterocycles. The van der Waals surface area contributed by atoms with E-state index >= 15 is 0 Å². The summed E-state index contributed by atoms with van der Waals surface area (Å²) < 4.78 is 15.5. The summed E-state index contributed by atoms with van der Waals surface area (Å²) in [6.07, 6.45) is 4.04. The molecule has 1 N–H and O–H groups in total. The van der Waals surface area contributed by atoms with Crippen LogP contribution in [0.2, 0.25) is 0 Å². The van der Waals surface area contributed by atoms with E-state index in [1.807, 2.05) is 19.1 Å². The van der Waals surface area contributed by atoms with Crippen LogP contribution in [0, 0.1) is 5.82 Å². The Hall–Kier alpha value is -2.17. The molecule has 0 spiro atoms. The van der Waals surface area contributed by atoms with Crippen LogP contribution in [0.4, 0.5) is 4.39 Å². The first-order valence-corrected chi connectivity index (χ1v) is 9.36. The molecule has 2 aromatic carbocycles. The second-order valence-electron chi connectivity index (χ2n) is 7.30. The van der Waals surface area contributed by atoms with Crippen LogP contribution in [-0.4, -0.2) is 33.9 Å². The molecule has 1 saturated heterocycles. The van der Waals surface area contributed by atoms with Crippen LogP contribution in [0.3, 0.4) is 0 Å². The van der Waals surface area contributed by atoms with Crippen LogP contribution in [0.5, 0.6) is 0 Å². The third-order valence-electron chi connectivity index (χ3n) is 5.58. The Morgan fingerprint density at radius 1 is 1.08 bits per heavy atom. The maximum absolute atomic E-state index is 13.2. The number of halogens is 1. The van der Waals surface area contributed by atoms with Crippen molar-refractivity contribution in [2.75, 3.05) is 13.1 Å². The van der Waals surface area contributed by atoms with Gasteiger partial charge in [-0.2, -0.15) is 0 Å². The van der Waals surface area contributed by atoms with Crippen molar-refractivity contribution in [3.8, 4) is 0 Å². The van der Waals surface area contributed by atoms with E-state index in [4.69, 9.17) is 0 Å². The van der Waals surface area contributed by atoms with Gasteiger partial charge in [-0.15, -0.1) is 0 Å². The molecule has 26 heavy (non-hydrogen) atoms. The number of aliphatic hydroxyl groups is 1. The van der Waals surface area contributed by atoms with Crippen molar-refractivity contribution in [2.45, 2.75) is 38.5 Å². The average Bonchev–Trinajstić information content (AvgIpc) is 3.02. The molecular weight excluding hydrogens is 327 g/mol. The summed E-state index contributed by atoms with van der Waals surface area (Å²) in [4.78, 5) is 2.13. The van der Waals surface area contributed by atoms with Gasteiger partial charge in [-0.3, -0.25) is 4.90 Å². The highest BCUT2D eigenvalue weighted by Crippen LogP contribution is 2.35. The SMILES string of the molecule is CC(O)N1CCC(c2cn(Cc3ccc(F)cc3)c3ccccc23)CC1. The molecule has 1 aromatic heterocycles. The second-order valence-corrected chi connectivity index (χ2v) is 7.30. The third kappa shape index (κ3) is 3.39. The van der Waals surface area contributed by atoms with E-state index in [2.05, 4.69) is 39.9 Å². The smallest absolute Gasteiger partial charge is 0.123 e. The number of likely N-dealkylation sites (tertiary alicyclic amines) is 1. The highest BCUT2D eigenvalue weighted by molar-refractivity contribution is 5.84. The number of aromatic nitrogens is 1. The van der Waals surface area contributed by atoms with Gasteiger partial charge in [-0.25, -0.2) is 4.39 Å². The molecule has 0 aliphatic carbocycles. The van der Waals surface area contributed by atoms with E-state index in [-0.39, 0.29) is 12.0 Å². The van der Waals surface area contributed by atoms with Crippen LogP contribution in [0.1, 0.15) is 36.8 Å². The van der Waals surface area contributed by atoms with Crippen LogP contribution in [-0.2, 0) is 6.54 Å². The van der Waals surface area contributed by atoms with Gasteiger partial charge < -0.3 is 9.67 Å². The van der Waals surface area contributed by atoms with Gasteiger partial charge in [0.25, 0.3) is 0 Å². The summed E-state index contributed by atoms with van der Waals surface area (Å²) in [5, 5.41) is 11.1. The van der Waals surface area contributed by atoms with Gasteiger partial charge >= 0.3 is 0 Å². The summed E-state index contributed by atoms with van der Waals surface area (Å²) in [7, 11) is 0. The largest absolute Gasteiger partial charge is 0.379 e. The fourth-order valence-corrected chi connectivity index (χ4v) is 4.10. The van der Waals surface area contributed by atoms with Gasteiger partial charge in [-0.05, 0) is 55.0 Å². The molecular formula is C22H25FN2O. The van der Waals surface area contributed by atoms with Crippen LogP contribution in [0.15, 0.2) is 54.7 Å². The molecule has 1 aliphatic heterocycles. The molecule has 1 aliphatic rings. The fourth-order valence-electron chi connectivity index (χ4n) is 4.10. The van der Waals surface area contributed by atoms with Crippen molar-refractivity contribution in [2.24, 2.45) is 0 Å². The van der Waals surface area contributed by atoms with Crippen molar-refractivity contribution < 1.29 is 9.50 Å². The molecule has 0 radical (unpaired) electrons. The lowest BCUT2D eigenvalue weighted by Crippen LogP contribution is -2.39. The molecule has 3 nitrogen and oxygen atoms in total. The molecule has 0 saturated carbocycles. The summed E-state index contributed by atoms with van der Waals surface area (Å²) in [5.74, 6) is 0.320. The minimum absolute atomic E-state index is 0.198. The first-order valence-electron chi connectivity index (χ1n) is 9.36. The lowest BCUT2D eigenvalue weighted by molar-refractivity contribution is 0.00312. The Bertz CT molecular complexity index is 877. The predicted molar refractivity (Wildman–Crippen MR) is 103 cm³/mol. The minimum Gasteiger partial charge on any atom is -0.379 e. The summed E-state index contributed by atoms with van der Waals surface area (Å²) in [6, 6.07) is 15.3. The van der Waals surface area contributed by atoms with E-state index in [0.29, 0.717) is 5.92 Å². The van der Waals surface area contributed by atoms with E-state index in [0.717, 1.165) is 38.0 Å². The summed E-state index contributed by atoms with van der Waals surface area (Å²) >= 11 is 0. The van der Waals surface area contributed by atoms with Crippen molar-refractivity contribution in [1.82, 2.24) is 9.47 Å². The Labute approximate surface area is 153 Å². The van der Waals surface area contributed by atoms with Crippen LogP contribution < -0.4 is 0 Å². The number of nitrogens with zero attached hydrogens (tertiary/aromatic N) is 2. The number of hydrogen-bond acceptors (Lipinski definition) is 2. The van der Waals surface area contributed by atoms with Crippen molar-refractivity contribution in [1.29, 1.82) is 0 Å². The highest BCUT2D eigenvalue weighted by atomic mass is 19.1. The minimum atomic E-state index is -0.365. The quantitative estimate of drug-likeness (QED) is 0.756. The zero-order valence-corrected chi connectivity index (χ0v) is 15.1. The summed E-state index contributed by atoms with van der Waals surface area (Å²) in [6.45, 7) is 4.45. The number of benzene rings is 2. The normalized spacial score (nSPS) is 17.7. The summed E-state index contributed by atoms with van der Waals surface area (Å²) in [5.41, 5.74) is 3.72. The zero-order valence-electron chi connectivity index (χ0n) is 15.1. The molecule has 1 atom stereocenters. The second kappa shape index (κ2) is 7.22. The van der Waals surface area contributed by atoms with Gasteiger partial charge in [0.05, 0.1) is 0 Å². The Morgan fingerprint density at radius 2 is 1.77 bits per heavy atom. The maximum atomic E-state index is 13.2. The molecule has 1 unspecified atom stereocenters. The zero-order chi connectivity index (χ0) is 18.1. The first kappa shape index (κ1) is 17.3. The molecule has 3 aromatic rings. The van der Waals surface area contributed by atoms with E-state index in [1.165, 1.54) is 28.6 Å². The third-order valence-corrected chi connectivity index (χ3v) is 5.58. The highest BCUT2D eigenvalue weighted by Gasteiger charge is 2.25. The molecule has 4 heteroatoms. The predicted octanol–water partition coefficient (Wildman–Crippen LogP) is 4.35. The average molecular weight is 352 g/mol. The first-order chi connectivity index (χ1) is 12.6. The number of hydrogen-bond donors (Lipinski definition) is 1. The number of aliphatic hydroxyl groups excluding tert-OH is 1. The van der Waals surface area contributed by atoms with E-state index in [9.17, 15) is 9.50 Å². The number of para-hydroxylation sites is 1. The van der Waals surface area contributed by atoms with Gasteiger partial charge in [-0.1, -0.05) is 30.3 Å². The molecule has 1 fully saturated rings. The van der Waals surface area contributed by atoms with Gasteiger partial charge in [0.1, 0.15) is 12.0 Å². The van der Waals surface area contributed by atoms with Crippen molar-refractivity contribution >= 4 is 10.9 Å². The Balaban J connectivity index is 1.63. The topological polar surface area (TPSA) is 28.4 Å². The Morgan fingerprint density at radius 3 is 2.46 bits per heavy atom. The monoisotopic (exact) mass is 352 g/mol. The van der Waals surface area contributed by atoms with Gasteiger partial charge in [0, 0.05) is 36.7 Å².